The number of ether oxygens (including phenoxy) is 1. The van der Waals surface area contributed by atoms with Crippen molar-refractivity contribution in [1.29, 1.82) is 0 Å². The Morgan fingerprint density at radius 3 is 2.17 bits per heavy atom. The van der Waals surface area contributed by atoms with Gasteiger partial charge in [-0.3, -0.25) is 14.9 Å². The maximum atomic E-state index is 13.7. The molecule has 3 aromatic carbocycles. The average Bonchev–Trinajstić information content (AvgIpc) is 3.44. The number of hydrogen-bond acceptors (Lipinski definition) is 7. The number of nitrogens with one attached hydrogen (secondary N) is 2. The summed E-state index contributed by atoms with van der Waals surface area (Å²) in [5, 5.41) is 11.2. The lowest BCUT2D eigenvalue weighted by Crippen LogP contribution is -2.41. The first kappa shape index (κ1) is 23.7. The predicted octanol–water partition coefficient (Wildman–Crippen LogP) is 4.00. The number of benzene rings is 3. The van der Waals surface area contributed by atoms with Crippen molar-refractivity contribution in [2.75, 3.05) is 11.5 Å². The summed E-state index contributed by atoms with van der Waals surface area (Å²) >= 11 is 0. The van der Waals surface area contributed by atoms with Crippen molar-refractivity contribution in [3.8, 4) is 0 Å². The van der Waals surface area contributed by atoms with Gasteiger partial charge in [-0.25, -0.2) is 15.6 Å². The molecule has 2 fully saturated rings. The molecule has 5 rings (SSSR count). The fourth-order valence-electron chi connectivity index (χ4n) is 5.12. The van der Waals surface area contributed by atoms with E-state index in [1.54, 1.807) is 48.2 Å². The predicted molar refractivity (Wildman–Crippen MR) is 133 cm³/mol. The van der Waals surface area contributed by atoms with Gasteiger partial charge in [0.25, 0.3) is 5.69 Å². The van der Waals surface area contributed by atoms with Crippen LogP contribution in [0.1, 0.15) is 46.1 Å². The van der Waals surface area contributed by atoms with Crippen molar-refractivity contribution in [2.24, 2.45) is 5.92 Å². The first-order valence-corrected chi connectivity index (χ1v) is 11.8. The average molecular weight is 487 g/mol. The van der Waals surface area contributed by atoms with E-state index in [-0.39, 0.29) is 30.2 Å². The van der Waals surface area contributed by atoms with Crippen LogP contribution in [-0.4, -0.2) is 29.4 Å². The molecule has 0 bridgehead atoms. The van der Waals surface area contributed by atoms with E-state index in [4.69, 9.17) is 4.74 Å². The Balaban J connectivity index is 1.57. The van der Waals surface area contributed by atoms with E-state index in [0.29, 0.717) is 11.3 Å². The fourth-order valence-corrected chi connectivity index (χ4v) is 5.12. The molecule has 9 heteroatoms. The van der Waals surface area contributed by atoms with E-state index in [1.807, 2.05) is 31.2 Å². The number of nitro benzene ring substituents is 1. The smallest absolute Gasteiger partial charge is 0.338 e. The third-order valence-electron chi connectivity index (χ3n) is 6.85. The van der Waals surface area contributed by atoms with Gasteiger partial charge in [-0.05, 0) is 49.2 Å². The lowest BCUT2D eigenvalue weighted by atomic mass is 9.83. The van der Waals surface area contributed by atoms with Crippen LogP contribution in [0.25, 0.3) is 0 Å². The van der Waals surface area contributed by atoms with Crippen LogP contribution in [0.3, 0.4) is 0 Å². The number of amides is 1. The summed E-state index contributed by atoms with van der Waals surface area (Å²) in [4.78, 5) is 38.4. The zero-order valence-electron chi connectivity index (χ0n) is 19.9. The summed E-state index contributed by atoms with van der Waals surface area (Å²) < 4.78 is 5.07. The molecule has 3 aromatic rings. The molecular formula is C27H26N4O5. The molecular weight excluding hydrogens is 460 g/mol. The second kappa shape index (κ2) is 9.52. The standard InChI is InChI=1S/C27H26N4O5/c1-3-36-27(33)19-10-12-20(13-11-19)30-25(18-8-14-21(15-9-18)31(34)35)22-23(28-29-24(22)26(30)32)17-6-4-16(2)5-7-17/h4-15,22-25,28-29H,3H2,1-2H3. The van der Waals surface area contributed by atoms with Crippen LogP contribution in [0.5, 0.6) is 0 Å². The van der Waals surface area contributed by atoms with Crippen molar-refractivity contribution in [1.82, 2.24) is 10.9 Å². The molecule has 2 aliphatic heterocycles. The molecule has 4 atom stereocenters. The number of non-ortho nitro benzene ring substituents is 1. The van der Waals surface area contributed by atoms with Crippen molar-refractivity contribution in [3.05, 3.63) is 105 Å². The third-order valence-corrected chi connectivity index (χ3v) is 6.85. The van der Waals surface area contributed by atoms with Gasteiger partial charge in [0.15, 0.2) is 0 Å². The number of carbonyl (C=O) groups excluding carboxylic acids is 2. The molecule has 2 saturated heterocycles. The van der Waals surface area contributed by atoms with E-state index >= 15 is 0 Å². The van der Waals surface area contributed by atoms with Crippen LogP contribution in [-0.2, 0) is 9.53 Å². The van der Waals surface area contributed by atoms with Gasteiger partial charge in [0.1, 0.15) is 6.04 Å². The van der Waals surface area contributed by atoms with Crippen molar-refractivity contribution in [2.45, 2.75) is 32.0 Å². The van der Waals surface area contributed by atoms with Crippen LogP contribution in [0.2, 0.25) is 0 Å². The Labute approximate surface area is 208 Å². The molecule has 9 nitrogen and oxygen atoms in total. The Hall–Kier alpha value is -4.08. The Morgan fingerprint density at radius 1 is 0.944 bits per heavy atom. The largest absolute Gasteiger partial charge is 0.462 e. The second-order valence-corrected chi connectivity index (χ2v) is 9.00. The number of hydrogen-bond donors (Lipinski definition) is 2. The molecule has 4 unspecified atom stereocenters. The first-order valence-electron chi connectivity index (χ1n) is 11.8. The van der Waals surface area contributed by atoms with Gasteiger partial charge in [-0.2, -0.15) is 0 Å². The zero-order chi connectivity index (χ0) is 25.4. The number of carbonyl (C=O) groups is 2. The summed E-state index contributed by atoms with van der Waals surface area (Å²) in [5.74, 6) is -0.730. The molecule has 0 aromatic heterocycles. The lowest BCUT2D eigenvalue weighted by Gasteiger charge is -2.31. The van der Waals surface area contributed by atoms with Crippen LogP contribution in [0.4, 0.5) is 11.4 Å². The maximum Gasteiger partial charge on any atom is 0.338 e. The van der Waals surface area contributed by atoms with Gasteiger partial charge >= 0.3 is 5.97 Å². The van der Waals surface area contributed by atoms with E-state index in [1.165, 1.54) is 12.1 Å². The Kier molecular flexibility index (Phi) is 6.26. The lowest BCUT2D eigenvalue weighted by molar-refractivity contribution is -0.384. The normalized spacial score (nSPS) is 22.9. The fraction of sp³-hybridized carbons (Fsp3) is 0.259. The minimum atomic E-state index is -0.499. The van der Waals surface area contributed by atoms with Gasteiger partial charge in [-0.1, -0.05) is 42.0 Å². The van der Waals surface area contributed by atoms with Crippen LogP contribution in [0.15, 0.2) is 72.8 Å². The highest BCUT2D eigenvalue weighted by molar-refractivity contribution is 6.02. The van der Waals surface area contributed by atoms with Crippen LogP contribution >= 0.6 is 0 Å². The summed E-state index contributed by atoms with van der Waals surface area (Å²) in [6, 6.07) is 20.2. The highest BCUT2D eigenvalue weighted by Gasteiger charge is 2.56. The number of nitro groups is 1. The first-order chi connectivity index (χ1) is 17.4. The second-order valence-electron chi connectivity index (χ2n) is 9.00. The van der Waals surface area contributed by atoms with Gasteiger partial charge in [-0.15, -0.1) is 0 Å². The van der Waals surface area contributed by atoms with Crippen molar-refractivity contribution < 1.29 is 19.2 Å². The van der Waals surface area contributed by atoms with E-state index in [9.17, 15) is 19.7 Å². The molecule has 2 aliphatic rings. The number of esters is 1. The van der Waals surface area contributed by atoms with Gasteiger partial charge < -0.3 is 9.64 Å². The highest BCUT2D eigenvalue weighted by Crippen LogP contribution is 2.49. The summed E-state index contributed by atoms with van der Waals surface area (Å²) in [5.41, 5.74) is 10.5. The number of nitrogens with zero attached hydrogens (tertiary/aromatic N) is 2. The number of anilines is 1. The number of aryl methyl sites for hydroxylation is 1. The van der Waals surface area contributed by atoms with Crippen LogP contribution < -0.4 is 15.8 Å². The molecule has 0 aliphatic carbocycles. The summed E-state index contributed by atoms with van der Waals surface area (Å²) in [7, 11) is 0. The van der Waals surface area contributed by atoms with Gasteiger partial charge in [0.05, 0.1) is 29.2 Å². The number of hydrazine groups is 1. The Bertz CT molecular complexity index is 1290. The maximum absolute atomic E-state index is 13.7. The molecule has 2 N–H and O–H groups in total. The molecule has 184 valence electrons. The summed E-state index contributed by atoms with van der Waals surface area (Å²) in [6.07, 6.45) is 0. The van der Waals surface area contributed by atoms with E-state index < -0.39 is 23.0 Å². The topological polar surface area (TPSA) is 114 Å². The monoisotopic (exact) mass is 486 g/mol. The van der Waals surface area contributed by atoms with Gasteiger partial charge in [0, 0.05) is 23.7 Å². The quantitative estimate of drug-likeness (QED) is 0.308. The van der Waals surface area contributed by atoms with E-state index in [2.05, 4.69) is 10.9 Å². The zero-order valence-corrected chi connectivity index (χ0v) is 19.9. The third kappa shape index (κ3) is 4.12. The Morgan fingerprint density at radius 2 is 1.56 bits per heavy atom. The number of rotatable bonds is 6. The molecule has 0 saturated carbocycles. The molecule has 36 heavy (non-hydrogen) atoms. The minimum Gasteiger partial charge on any atom is -0.462 e. The molecule has 0 spiro atoms. The molecule has 2 heterocycles. The van der Waals surface area contributed by atoms with Crippen LogP contribution in [0, 0.1) is 23.0 Å². The van der Waals surface area contributed by atoms with E-state index in [0.717, 1.165) is 16.7 Å². The minimum absolute atomic E-state index is 0.0114. The van der Waals surface area contributed by atoms with Crippen molar-refractivity contribution >= 4 is 23.3 Å². The highest BCUT2D eigenvalue weighted by atomic mass is 16.6. The number of fused-ring (bicyclic) bond motifs is 1. The molecule has 1 amide bonds. The van der Waals surface area contributed by atoms with Crippen molar-refractivity contribution in [3.63, 3.8) is 0 Å². The summed E-state index contributed by atoms with van der Waals surface area (Å²) in [6.45, 7) is 4.04. The molecule has 0 radical (unpaired) electrons. The van der Waals surface area contributed by atoms with Gasteiger partial charge in [0.2, 0.25) is 5.91 Å². The SMILES string of the molecule is CCOC(=O)c1ccc(N2C(=O)C3NNC(c4ccc(C)cc4)C3C2c2ccc([N+](=O)[O-])cc2)cc1.